The number of rotatable bonds is 6. The van der Waals surface area contributed by atoms with Crippen LogP contribution in [0.25, 0.3) is 0 Å². The Morgan fingerprint density at radius 1 is 1.38 bits per heavy atom. The fraction of sp³-hybridized carbons (Fsp3) is 0.455. The molecule has 1 N–H and O–H groups in total. The maximum absolute atomic E-state index is 8.71. The van der Waals surface area contributed by atoms with Gasteiger partial charge in [0.2, 0.25) is 0 Å². The average molecular weight is 237 g/mol. The molecule has 2 heterocycles. The lowest BCUT2D eigenvalue weighted by Gasteiger charge is -1.97. The Labute approximate surface area is 98.5 Å². The molecule has 0 aliphatic heterocycles. The van der Waals surface area contributed by atoms with E-state index < -0.39 is 0 Å². The van der Waals surface area contributed by atoms with E-state index in [1.807, 2.05) is 10.9 Å². The van der Waals surface area contributed by atoms with E-state index in [0.29, 0.717) is 0 Å². The lowest BCUT2D eigenvalue weighted by molar-refractivity contribution is 0.288. The molecule has 0 saturated heterocycles. The molecule has 0 aliphatic carbocycles. The number of aliphatic hydroxyl groups excluding tert-OH is 1. The second kappa shape index (κ2) is 5.77. The molecule has 2 aromatic heterocycles. The quantitative estimate of drug-likeness (QED) is 0.828. The Bertz CT molecular complexity index is 411. The van der Waals surface area contributed by atoms with Crippen LogP contribution in [0.4, 0.5) is 0 Å². The minimum Gasteiger partial charge on any atom is -0.396 e. The van der Waals surface area contributed by atoms with Crippen molar-refractivity contribution >= 4 is 11.3 Å². The summed E-state index contributed by atoms with van der Waals surface area (Å²) < 4.78 is 1.87. The zero-order valence-electron chi connectivity index (χ0n) is 9.04. The summed E-state index contributed by atoms with van der Waals surface area (Å²) in [7, 11) is 0. The molecule has 0 atom stereocenters. The largest absolute Gasteiger partial charge is 0.396 e. The van der Waals surface area contributed by atoms with Crippen molar-refractivity contribution in [3.63, 3.8) is 0 Å². The average Bonchev–Trinajstić information content (AvgIpc) is 2.95. The molecule has 4 nitrogen and oxygen atoms in total. The number of thiophene rings is 1. The summed E-state index contributed by atoms with van der Waals surface area (Å²) in [4.78, 5) is 1.37. The first-order chi connectivity index (χ1) is 7.88. The molecule has 2 rings (SSSR count). The highest BCUT2D eigenvalue weighted by atomic mass is 32.1. The first-order valence-electron chi connectivity index (χ1n) is 5.41. The fourth-order valence-electron chi connectivity index (χ4n) is 1.50. The minimum absolute atomic E-state index is 0.210. The molecular weight excluding hydrogens is 222 g/mol. The maximum atomic E-state index is 8.71. The van der Waals surface area contributed by atoms with Gasteiger partial charge in [-0.15, -0.1) is 16.4 Å². The molecule has 5 heteroatoms. The molecule has 0 amide bonds. The molecule has 0 unspecified atom stereocenters. The van der Waals surface area contributed by atoms with Crippen molar-refractivity contribution in [3.05, 3.63) is 34.3 Å². The molecule has 0 saturated carbocycles. The molecule has 0 bridgehead atoms. The van der Waals surface area contributed by atoms with Crippen LogP contribution in [0, 0.1) is 0 Å². The van der Waals surface area contributed by atoms with Crippen LogP contribution < -0.4 is 0 Å². The van der Waals surface area contributed by atoms with Gasteiger partial charge in [-0.3, -0.25) is 4.68 Å². The zero-order chi connectivity index (χ0) is 11.2. The summed E-state index contributed by atoms with van der Waals surface area (Å²) in [6.45, 7) is 1.08. The highest BCUT2D eigenvalue weighted by molar-refractivity contribution is 7.09. The Kier molecular flexibility index (Phi) is 4.07. The molecule has 16 heavy (non-hydrogen) atoms. The number of hydrogen-bond donors (Lipinski definition) is 1. The van der Waals surface area contributed by atoms with E-state index >= 15 is 0 Å². The summed E-state index contributed by atoms with van der Waals surface area (Å²) in [5.41, 5.74) is 0.959. The highest BCUT2D eigenvalue weighted by Gasteiger charge is 2.01. The number of aromatic nitrogens is 3. The van der Waals surface area contributed by atoms with E-state index in [0.717, 1.165) is 31.5 Å². The van der Waals surface area contributed by atoms with Gasteiger partial charge in [-0.05, 0) is 24.3 Å². The van der Waals surface area contributed by atoms with Crippen LogP contribution in [0.1, 0.15) is 17.0 Å². The summed E-state index contributed by atoms with van der Waals surface area (Å²) in [5.74, 6) is 0. The van der Waals surface area contributed by atoms with Crippen molar-refractivity contribution in [3.8, 4) is 0 Å². The predicted molar refractivity (Wildman–Crippen MR) is 63.5 cm³/mol. The van der Waals surface area contributed by atoms with Crippen molar-refractivity contribution in [1.29, 1.82) is 0 Å². The van der Waals surface area contributed by atoms with Crippen LogP contribution in [0.15, 0.2) is 23.7 Å². The Morgan fingerprint density at radius 2 is 2.31 bits per heavy atom. The summed E-state index contributed by atoms with van der Waals surface area (Å²) >= 11 is 1.77. The standard InChI is InChI=1S/C11H15N3OS/c15-7-1-3-10-9-14(13-12-10)6-5-11-4-2-8-16-11/h2,4,8-9,15H,1,3,5-7H2. The van der Waals surface area contributed by atoms with Crippen molar-refractivity contribution in [2.45, 2.75) is 25.8 Å². The molecule has 0 radical (unpaired) electrons. The first kappa shape index (κ1) is 11.3. The molecule has 0 fully saturated rings. The molecular formula is C11H15N3OS. The van der Waals surface area contributed by atoms with E-state index in [-0.39, 0.29) is 6.61 Å². The fourth-order valence-corrected chi connectivity index (χ4v) is 2.20. The van der Waals surface area contributed by atoms with Gasteiger partial charge in [0.15, 0.2) is 0 Å². The van der Waals surface area contributed by atoms with E-state index in [9.17, 15) is 0 Å². The van der Waals surface area contributed by atoms with Gasteiger partial charge in [-0.1, -0.05) is 11.3 Å². The molecule has 0 aliphatic rings. The first-order valence-corrected chi connectivity index (χ1v) is 6.28. The van der Waals surface area contributed by atoms with Crippen LogP contribution in [0.5, 0.6) is 0 Å². The van der Waals surface area contributed by atoms with E-state index in [4.69, 9.17) is 5.11 Å². The predicted octanol–water partition coefficient (Wildman–Crippen LogP) is 1.51. The van der Waals surface area contributed by atoms with Gasteiger partial charge in [0.1, 0.15) is 0 Å². The Morgan fingerprint density at radius 3 is 3.06 bits per heavy atom. The minimum atomic E-state index is 0.210. The SMILES string of the molecule is OCCCc1cn(CCc2cccs2)nn1. The van der Waals surface area contributed by atoms with Gasteiger partial charge in [0.25, 0.3) is 0 Å². The third-order valence-corrected chi connectivity index (χ3v) is 3.28. The summed E-state index contributed by atoms with van der Waals surface area (Å²) in [6.07, 6.45) is 4.52. The molecule has 86 valence electrons. The van der Waals surface area contributed by atoms with Gasteiger partial charge in [0.05, 0.1) is 5.69 Å². The van der Waals surface area contributed by atoms with Gasteiger partial charge >= 0.3 is 0 Å². The lowest BCUT2D eigenvalue weighted by atomic mass is 10.2. The van der Waals surface area contributed by atoms with Crippen molar-refractivity contribution in [2.75, 3.05) is 6.61 Å². The van der Waals surface area contributed by atoms with E-state index in [2.05, 4.69) is 27.8 Å². The molecule has 0 aromatic carbocycles. The second-order valence-corrected chi connectivity index (χ2v) is 4.66. The number of nitrogens with zero attached hydrogens (tertiary/aromatic N) is 3. The Hall–Kier alpha value is -1.20. The normalized spacial score (nSPS) is 10.8. The highest BCUT2D eigenvalue weighted by Crippen LogP contribution is 2.10. The lowest BCUT2D eigenvalue weighted by Crippen LogP contribution is -2.00. The second-order valence-electron chi connectivity index (χ2n) is 3.63. The van der Waals surface area contributed by atoms with Crippen LogP contribution in [-0.4, -0.2) is 26.7 Å². The molecule has 0 spiro atoms. The number of aryl methyl sites for hydroxylation is 3. The van der Waals surface area contributed by atoms with Crippen molar-refractivity contribution in [2.24, 2.45) is 0 Å². The van der Waals surface area contributed by atoms with Gasteiger partial charge in [-0.25, -0.2) is 0 Å². The zero-order valence-corrected chi connectivity index (χ0v) is 9.86. The third kappa shape index (κ3) is 3.15. The monoisotopic (exact) mass is 237 g/mol. The van der Waals surface area contributed by atoms with Crippen molar-refractivity contribution in [1.82, 2.24) is 15.0 Å². The third-order valence-electron chi connectivity index (χ3n) is 2.34. The van der Waals surface area contributed by atoms with E-state index in [1.165, 1.54) is 4.88 Å². The maximum Gasteiger partial charge on any atom is 0.0828 e. The Balaban J connectivity index is 1.83. The van der Waals surface area contributed by atoms with Crippen LogP contribution in [0.2, 0.25) is 0 Å². The number of aliphatic hydroxyl groups is 1. The topological polar surface area (TPSA) is 50.9 Å². The smallest absolute Gasteiger partial charge is 0.0828 e. The van der Waals surface area contributed by atoms with Crippen LogP contribution >= 0.6 is 11.3 Å². The summed E-state index contributed by atoms with van der Waals surface area (Å²) in [5, 5.41) is 18.9. The van der Waals surface area contributed by atoms with Crippen LogP contribution in [-0.2, 0) is 19.4 Å². The van der Waals surface area contributed by atoms with Gasteiger partial charge in [-0.2, -0.15) is 0 Å². The van der Waals surface area contributed by atoms with E-state index in [1.54, 1.807) is 11.3 Å². The van der Waals surface area contributed by atoms with Gasteiger partial charge in [0, 0.05) is 30.6 Å². The van der Waals surface area contributed by atoms with Crippen molar-refractivity contribution < 1.29 is 5.11 Å². The van der Waals surface area contributed by atoms with Gasteiger partial charge < -0.3 is 5.11 Å². The molecule has 2 aromatic rings. The summed E-state index contributed by atoms with van der Waals surface area (Å²) in [6, 6.07) is 4.20. The number of hydrogen-bond acceptors (Lipinski definition) is 4. The van der Waals surface area contributed by atoms with Crippen LogP contribution in [0.3, 0.4) is 0 Å².